The first-order valence-corrected chi connectivity index (χ1v) is 12.4. The summed E-state index contributed by atoms with van der Waals surface area (Å²) in [5, 5.41) is 3.41. The van der Waals surface area contributed by atoms with Crippen LogP contribution in [-0.2, 0) is 19.4 Å². The van der Waals surface area contributed by atoms with E-state index in [1.807, 2.05) is 11.0 Å². The van der Waals surface area contributed by atoms with Crippen LogP contribution in [0.5, 0.6) is 0 Å². The van der Waals surface area contributed by atoms with Gasteiger partial charge in [-0.3, -0.25) is 9.69 Å². The number of benzene rings is 2. The minimum atomic E-state index is -0.407. The van der Waals surface area contributed by atoms with Crippen LogP contribution >= 0.6 is 0 Å². The lowest BCUT2D eigenvalue weighted by atomic mass is 9.95. The van der Waals surface area contributed by atoms with Crippen molar-refractivity contribution >= 4 is 11.6 Å². The zero-order valence-electron chi connectivity index (χ0n) is 19.6. The van der Waals surface area contributed by atoms with Gasteiger partial charge in [-0.25, -0.2) is 0 Å². The zero-order chi connectivity index (χ0) is 22.8. The van der Waals surface area contributed by atoms with E-state index in [-0.39, 0.29) is 5.91 Å². The summed E-state index contributed by atoms with van der Waals surface area (Å²) in [5.41, 5.74) is 5.88. The topological polar surface area (TPSA) is 56.2 Å². The van der Waals surface area contributed by atoms with Crippen molar-refractivity contribution in [2.45, 2.75) is 45.2 Å². The van der Waals surface area contributed by atoms with Crippen LogP contribution < -0.4 is 4.90 Å². The molecule has 1 fully saturated rings. The Labute approximate surface area is 196 Å². The molecule has 3 aliphatic heterocycles. The normalized spacial score (nSPS) is 20.3. The molecule has 1 atom stereocenters. The molecule has 3 aliphatic rings. The lowest BCUT2D eigenvalue weighted by molar-refractivity contribution is 0.0719. The molecule has 6 heteroatoms. The number of carbonyl (C=O) groups is 1. The third kappa shape index (κ3) is 4.81. The Morgan fingerprint density at radius 1 is 0.939 bits per heavy atom. The summed E-state index contributed by atoms with van der Waals surface area (Å²) in [6, 6.07) is 14.4. The number of rotatable bonds is 6. The van der Waals surface area contributed by atoms with E-state index in [9.17, 15) is 9.70 Å². The van der Waals surface area contributed by atoms with E-state index in [0.29, 0.717) is 19.6 Å². The molecular weight excluding hydrogens is 412 g/mol. The smallest absolute Gasteiger partial charge is 0.254 e. The third-order valence-corrected chi connectivity index (χ3v) is 7.67. The average molecular weight is 447 g/mol. The molecule has 1 amide bonds. The van der Waals surface area contributed by atoms with E-state index in [1.54, 1.807) is 0 Å². The Balaban J connectivity index is 1.21. The van der Waals surface area contributed by atoms with Crippen LogP contribution in [0.2, 0.25) is 0 Å². The standard InChI is InChI=1S/C27H34N4O2/c1-20-8-13-30(14-9-20)25-6-7-26-22(16-25)11-15-31(27(26)32)19-24(28-33)18-29-12-10-21-4-2-3-5-23(21)17-29/h2-7,16,20,24H,8-15,17-19H2,1H3. The highest BCUT2D eigenvalue weighted by Crippen LogP contribution is 2.28. The van der Waals surface area contributed by atoms with Gasteiger partial charge in [-0.15, -0.1) is 0 Å². The number of piperidine rings is 1. The number of nitrogens with zero attached hydrogens (tertiary/aromatic N) is 4. The van der Waals surface area contributed by atoms with E-state index in [2.05, 4.69) is 58.3 Å². The fourth-order valence-corrected chi connectivity index (χ4v) is 5.55. The van der Waals surface area contributed by atoms with Gasteiger partial charge < -0.3 is 9.80 Å². The predicted molar refractivity (Wildman–Crippen MR) is 132 cm³/mol. The highest BCUT2D eigenvalue weighted by molar-refractivity contribution is 5.97. The molecule has 174 valence electrons. The van der Waals surface area contributed by atoms with Gasteiger partial charge >= 0.3 is 0 Å². The van der Waals surface area contributed by atoms with Gasteiger partial charge in [-0.05, 0) is 66.5 Å². The van der Waals surface area contributed by atoms with Crippen molar-refractivity contribution < 1.29 is 4.79 Å². The summed E-state index contributed by atoms with van der Waals surface area (Å²) in [7, 11) is 0. The fourth-order valence-electron chi connectivity index (χ4n) is 5.55. The van der Waals surface area contributed by atoms with Crippen molar-refractivity contribution in [1.29, 1.82) is 0 Å². The van der Waals surface area contributed by atoms with Crippen LogP contribution in [0.15, 0.2) is 47.6 Å². The number of amides is 1. The first-order valence-electron chi connectivity index (χ1n) is 12.4. The second-order valence-electron chi connectivity index (χ2n) is 10.0. The first-order chi connectivity index (χ1) is 16.1. The average Bonchev–Trinajstić information content (AvgIpc) is 2.85. The van der Waals surface area contributed by atoms with Gasteiger partial charge in [0.25, 0.3) is 5.91 Å². The van der Waals surface area contributed by atoms with Gasteiger partial charge in [-0.1, -0.05) is 36.4 Å². The Morgan fingerprint density at radius 2 is 1.70 bits per heavy atom. The van der Waals surface area contributed by atoms with E-state index < -0.39 is 6.04 Å². The van der Waals surface area contributed by atoms with Crippen molar-refractivity contribution in [2.24, 2.45) is 11.1 Å². The molecule has 2 aromatic carbocycles. The summed E-state index contributed by atoms with van der Waals surface area (Å²) >= 11 is 0. The van der Waals surface area contributed by atoms with E-state index >= 15 is 0 Å². The first kappa shape index (κ1) is 22.1. The summed E-state index contributed by atoms with van der Waals surface area (Å²) < 4.78 is 0. The van der Waals surface area contributed by atoms with Gasteiger partial charge in [0.15, 0.2) is 0 Å². The molecular formula is C27H34N4O2. The highest BCUT2D eigenvalue weighted by atomic mass is 16.3. The number of hydrogen-bond donors (Lipinski definition) is 0. The minimum Gasteiger partial charge on any atom is -0.372 e. The SMILES string of the molecule is CC1CCN(c2ccc3c(c2)CCN(CC(CN2CCc4ccccc4C2)N=O)C3=O)CC1. The number of anilines is 1. The molecule has 0 aliphatic carbocycles. The molecule has 0 N–H and O–H groups in total. The van der Waals surface area contributed by atoms with Crippen LogP contribution in [0.1, 0.15) is 46.8 Å². The van der Waals surface area contributed by atoms with E-state index in [0.717, 1.165) is 56.1 Å². The number of hydrogen-bond acceptors (Lipinski definition) is 5. The van der Waals surface area contributed by atoms with Crippen molar-refractivity contribution in [1.82, 2.24) is 9.80 Å². The summed E-state index contributed by atoms with van der Waals surface area (Å²) in [4.78, 5) is 31.4. The maximum Gasteiger partial charge on any atom is 0.254 e. The Bertz CT molecular complexity index is 1010. The monoisotopic (exact) mass is 446 g/mol. The Hall–Kier alpha value is -2.73. The van der Waals surface area contributed by atoms with Crippen molar-refractivity contribution in [3.05, 3.63) is 69.6 Å². The number of nitroso groups, excluding NO2 is 1. The molecule has 0 aromatic heterocycles. The number of carbonyl (C=O) groups excluding carboxylic acids is 1. The molecule has 0 bridgehead atoms. The van der Waals surface area contributed by atoms with Crippen LogP contribution in [-0.4, -0.2) is 61.0 Å². The lowest BCUT2D eigenvalue weighted by Gasteiger charge is -2.35. The molecule has 0 saturated carbocycles. The van der Waals surface area contributed by atoms with Gasteiger partial charge in [0.05, 0.1) is 0 Å². The van der Waals surface area contributed by atoms with Crippen LogP contribution in [0.25, 0.3) is 0 Å². The predicted octanol–water partition coefficient (Wildman–Crippen LogP) is 4.11. The van der Waals surface area contributed by atoms with E-state index in [4.69, 9.17) is 0 Å². The second kappa shape index (κ2) is 9.64. The van der Waals surface area contributed by atoms with E-state index in [1.165, 1.54) is 29.7 Å². The van der Waals surface area contributed by atoms with Crippen molar-refractivity contribution in [3.8, 4) is 0 Å². The molecule has 1 saturated heterocycles. The zero-order valence-corrected chi connectivity index (χ0v) is 19.6. The van der Waals surface area contributed by atoms with Crippen LogP contribution in [0.4, 0.5) is 5.69 Å². The van der Waals surface area contributed by atoms with Gasteiger partial charge in [0.1, 0.15) is 6.04 Å². The van der Waals surface area contributed by atoms with Crippen LogP contribution in [0.3, 0.4) is 0 Å². The molecule has 5 rings (SSSR count). The maximum atomic E-state index is 13.2. The van der Waals surface area contributed by atoms with Gasteiger partial charge in [-0.2, -0.15) is 4.91 Å². The number of fused-ring (bicyclic) bond motifs is 2. The summed E-state index contributed by atoms with van der Waals surface area (Å²) in [6.45, 7) is 7.92. The largest absolute Gasteiger partial charge is 0.372 e. The maximum absolute atomic E-state index is 13.2. The van der Waals surface area contributed by atoms with Crippen molar-refractivity contribution in [2.75, 3.05) is 44.2 Å². The molecule has 1 unspecified atom stereocenters. The lowest BCUT2D eigenvalue weighted by Crippen LogP contribution is -2.45. The molecule has 3 heterocycles. The molecule has 33 heavy (non-hydrogen) atoms. The molecule has 0 spiro atoms. The fraction of sp³-hybridized carbons (Fsp3) is 0.519. The minimum absolute atomic E-state index is 0.0349. The molecule has 6 nitrogen and oxygen atoms in total. The highest BCUT2D eigenvalue weighted by Gasteiger charge is 2.29. The summed E-state index contributed by atoms with van der Waals surface area (Å²) in [5.74, 6) is 0.834. The molecule has 2 aromatic rings. The third-order valence-electron chi connectivity index (χ3n) is 7.67. The summed E-state index contributed by atoms with van der Waals surface area (Å²) in [6.07, 6.45) is 4.29. The van der Waals surface area contributed by atoms with Gasteiger partial charge in [0.2, 0.25) is 0 Å². The van der Waals surface area contributed by atoms with Crippen LogP contribution in [0, 0.1) is 10.8 Å². The molecule has 0 radical (unpaired) electrons. The van der Waals surface area contributed by atoms with Crippen molar-refractivity contribution in [3.63, 3.8) is 0 Å². The Morgan fingerprint density at radius 3 is 2.48 bits per heavy atom. The van der Waals surface area contributed by atoms with Gasteiger partial charge in [0, 0.05) is 57.1 Å². The quantitative estimate of drug-likeness (QED) is 0.627. The second-order valence-corrected chi connectivity index (χ2v) is 10.0. The Kier molecular flexibility index (Phi) is 6.45.